The van der Waals surface area contributed by atoms with Gasteiger partial charge in [-0.3, -0.25) is 0 Å². The van der Waals surface area contributed by atoms with Crippen molar-refractivity contribution in [3.63, 3.8) is 0 Å². The maximum Gasteiger partial charge on any atom is 0.126 e. The Balaban J connectivity index is 1.74. The third-order valence-corrected chi connectivity index (χ3v) is 3.76. The quantitative estimate of drug-likeness (QED) is 0.799. The molecule has 0 radical (unpaired) electrons. The highest BCUT2D eigenvalue weighted by Crippen LogP contribution is 2.34. The molecule has 2 nitrogen and oxygen atoms in total. The van der Waals surface area contributed by atoms with Crippen molar-refractivity contribution >= 4 is 0 Å². The fourth-order valence-corrected chi connectivity index (χ4v) is 2.79. The van der Waals surface area contributed by atoms with Crippen LogP contribution in [0.15, 0.2) is 18.2 Å². The SMILES string of the molecule is OC1CC(NC2CCc3c(F)cccc32)C1. The number of rotatable bonds is 2. The Labute approximate surface area is 94.5 Å². The second-order valence-corrected chi connectivity index (χ2v) is 4.89. The van der Waals surface area contributed by atoms with Gasteiger partial charge in [-0.05, 0) is 42.9 Å². The van der Waals surface area contributed by atoms with Crippen LogP contribution in [0.3, 0.4) is 0 Å². The molecule has 0 amide bonds. The molecule has 0 saturated heterocycles. The molecule has 0 heterocycles. The van der Waals surface area contributed by atoms with E-state index in [9.17, 15) is 9.50 Å². The average Bonchev–Trinajstić information content (AvgIpc) is 2.61. The smallest absolute Gasteiger partial charge is 0.126 e. The lowest BCUT2D eigenvalue weighted by atomic mass is 9.88. The Hall–Kier alpha value is -0.930. The van der Waals surface area contributed by atoms with E-state index in [0.717, 1.165) is 36.8 Å². The van der Waals surface area contributed by atoms with Gasteiger partial charge in [0.15, 0.2) is 0 Å². The minimum atomic E-state index is -0.133. The molecule has 0 spiro atoms. The zero-order valence-electron chi connectivity index (χ0n) is 9.12. The Morgan fingerprint density at radius 2 is 2.12 bits per heavy atom. The Bertz CT molecular complexity index is 401. The summed E-state index contributed by atoms with van der Waals surface area (Å²) < 4.78 is 13.5. The van der Waals surface area contributed by atoms with Crippen molar-refractivity contribution in [2.45, 2.75) is 43.9 Å². The van der Waals surface area contributed by atoms with Crippen LogP contribution in [0.25, 0.3) is 0 Å². The predicted molar refractivity (Wildman–Crippen MR) is 59.6 cm³/mol. The van der Waals surface area contributed by atoms with E-state index in [0.29, 0.717) is 6.04 Å². The van der Waals surface area contributed by atoms with E-state index in [2.05, 4.69) is 5.32 Å². The van der Waals surface area contributed by atoms with E-state index in [1.165, 1.54) is 6.07 Å². The number of aliphatic hydroxyl groups is 1. The van der Waals surface area contributed by atoms with Crippen molar-refractivity contribution in [3.8, 4) is 0 Å². The average molecular weight is 221 g/mol. The molecule has 3 rings (SSSR count). The third kappa shape index (κ3) is 1.64. The molecule has 1 saturated carbocycles. The molecule has 86 valence electrons. The van der Waals surface area contributed by atoms with Gasteiger partial charge in [-0.15, -0.1) is 0 Å². The zero-order chi connectivity index (χ0) is 11.1. The molecule has 1 fully saturated rings. The van der Waals surface area contributed by atoms with Crippen LogP contribution in [0, 0.1) is 5.82 Å². The van der Waals surface area contributed by atoms with Crippen molar-refractivity contribution in [2.24, 2.45) is 0 Å². The van der Waals surface area contributed by atoms with E-state index in [4.69, 9.17) is 0 Å². The molecule has 1 aromatic rings. The van der Waals surface area contributed by atoms with Crippen molar-refractivity contribution < 1.29 is 9.50 Å². The lowest BCUT2D eigenvalue weighted by molar-refractivity contribution is 0.0577. The summed E-state index contributed by atoms with van der Waals surface area (Å²) in [6, 6.07) is 6.02. The van der Waals surface area contributed by atoms with Gasteiger partial charge >= 0.3 is 0 Å². The Morgan fingerprint density at radius 3 is 2.88 bits per heavy atom. The lowest BCUT2D eigenvalue weighted by Gasteiger charge is -2.34. The fourth-order valence-electron chi connectivity index (χ4n) is 2.79. The topological polar surface area (TPSA) is 32.3 Å². The van der Waals surface area contributed by atoms with Crippen LogP contribution in [0.2, 0.25) is 0 Å². The van der Waals surface area contributed by atoms with Crippen LogP contribution in [0.5, 0.6) is 0 Å². The van der Waals surface area contributed by atoms with Crippen LogP contribution in [0.4, 0.5) is 4.39 Å². The summed E-state index contributed by atoms with van der Waals surface area (Å²) in [5.41, 5.74) is 1.99. The summed E-state index contributed by atoms with van der Waals surface area (Å²) in [5.74, 6) is -0.0737. The van der Waals surface area contributed by atoms with E-state index in [-0.39, 0.29) is 18.0 Å². The van der Waals surface area contributed by atoms with Gasteiger partial charge in [0.1, 0.15) is 5.82 Å². The molecular formula is C13H16FNO. The summed E-state index contributed by atoms with van der Waals surface area (Å²) in [6.45, 7) is 0. The van der Waals surface area contributed by atoms with E-state index < -0.39 is 0 Å². The highest BCUT2D eigenvalue weighted by molar-refractivity contribution is 5.35. The largest absolute Gasteiger partial charge is 0.393 e. The second kappa shape index (κ2) is 3.82. The summed E-state index contributed by atoms with van der Waals surface area (Å²) in [4.78, 5) is 0. The number of hydrogen-bond acceptors (Lipinski definition) is 2. The first-order chi connectivity index (χ1) is 7.74. The van der Waals surface area contributed by atoms with Gasteiger partial charge in [0.2, 0.25) is 0 Å². The monoisotopic (exact) mass is 221 g/mol. The van der Waals surface area contributed by atoms with Crippen molar-refractivity contribution in [1.82, 2.24) is 5.32 Å². The summed E-state index contributed by atoms with van der Waals surface area (Å²) >= 11 is 0. The van der Waals surface area contributed by atoms with Gasteiger partial charge in [0.05, 0.1) is 6.10 Å². The van der Waals surface area contributed by atoms with Crippen molar-refractivity contribution in [2.75, 3.05) is 0 Å². The van der Waals surface area contributed by atoms with Crippen molar-refractivity contribution in [1.29, 1.82) is 0 Å². The summed E-state index contributed by atoms with van der Waals surface area (Å²) in [7, 11) is 0. The minimum Gasteiger partial charge on any atom is -0.393 e. The summed E-state index contributed by atoms with van der Waals surface area (Å²) in [5, 5.41) is 12.7. The number of nitrogens with one attached hydrogen (secondary N) is 1. The predicted octanol–water partition coefficient (Wildman–Crippen LogP) is 1.93. The minimum absolute atomic E-state index is 0.0737. The normalized spacial score (nSPS) is 32.2. The molecule has 1 atom stereocenters. The van der Waals surface area contributed by atoms with Gasteiger partial charge in [-0.25, -0.2) is 4.39 Å². The number of halogens is 1. The van der Waals surface area contributed by atoms with Crippen LogP contribution in [0.1, 0.15) is 36.4 Å². The first kappa shape index (κ1) is 10.2. The second-order valence-electron chi connectivity index (χ2n) is 4.89. The van der Waals surface area contributed by atoms with E-state index in [1.807, 2.05) is 6.07 Å². The molecular weight excluding hydrogens is 205 g/mol. The van der Waals surface area contributed by atoms with Crippen LogP contribution in [-0.4, -0.2) is 17.3 Å². The van der Waals surface area contributed by atoms with E-state index >= 15 is 0 Å². The lowest BCUT2D eigenvalue weighted by Crippen LogP contribution is -2.45. The Kier molecular flexibility index (Phi) is 2.45. The summed E-state index contributed by atoms with van der Waals surface area (Å²) in [6.07, 6.45) is 3.34. The third-order valence-electron chi connectivity index (χ3n) is 3.76. The zero-order valence-corrected chi connectivity index (χ0v) is 9.12. The number of fused-ring (bicyclic) bond motifs is 1. The number of aliphatic hydroxyl groups excluding tert-OH is 1. The highest BCUT2D eigenvalue weighted by atomic mass is 19.1. The molecule has 1 unspecified atom stereocenters. The van der Waals surface area contributed by atoms with Crippen LogP contribution >= 0.6 is 0 Å². The molecule has 16 heavy (non-hydrogen) atoms. The first-order valence-corrected chi connectivity index (χ1v) is 5.95. The molecule has 1 aromatic carbocycles. The standard InChI is InChI=1S/C13H16FNO/c14-12-3-1-2-11-10(12)4-5-13(11)15-8-6-9(16)7-8/h1-3,8-9,13,15-16H,4-7H2. The Morgan fingerprint density at radius 1 is 1.31 bits per heavy atom. The fraction of sp³-hybridized carbons (Fsp3) is 0.538. The maximum atomic E-state index is 13.5. The van der Waals surface area contributed by atoms with Gasteiger partial charge < -0.3 is 10.4 Å². The molecule has 2 aliphatic rings. The molecule has 2 aliphatic carbocycles. The number of benzene rings is 1. The highest BCUT2D eigenvalue weighted by Gasteiger charge is 2.32. The molecule has 0 aliphatic heterocycles. The molecule has 3 heteroatoms. The van der Waals surface area contributed by atoms with Gasteiger partial charge in [0.25, 0.3) is 0 Å². The first-order valence-electron chi connectivity index (χ1n) is 5.95. The maximum absolute atomic E-state index is 13.5. The van der Waals surface area contributed by atoms with E-state index in [1.54, 1.807) is 6.07 Å². The van der Waals surface area contributed by atoms with Crippen molar-refractivity contribution in [3.05, 3.63) is 35.1 Å². The van der Waals surface area contributed by atoms with Crippen LogP contribution in [-0.2, 0) is 6.42 Å². The van der Waals surface area contributed by atoms with Gasteiger partial charge in [-0.2, -0.15) is 0 Å². The van der Waals surface area contributed by atoms with Gasteiger partial charge in [-0.1, -0.05) is 12.1 Å². The molecule has 0 bridgehead atoms. The number of hydrogen-bond donors (Lipinski definition) is 2. The van der Waals surface area contributed by atoms with Crippen LogP contribution < -0.4 is 5.32 Å². The molecule has 0 aromatic heterocycles. The van der Waals surface area contributed by atoms with Gasteiger partial charge in [0, 0.05) is 12.1 Å². The molecule has 2 N–H and O–H groups in total.